The number of hydrogen-bond donors (Lipinski definition) is 0. The summed E-state index contributed by atoms with van der Waals surface area (Å²) in [5, 5.41) is 7.51. The number of halogens is 1. The van der Waals surface area contributed by atoms with Crippen molar-refractivity contribution in [2.45, 2.75) is 26.3 Å². The molecule has 3 heterocycles. The zero-order chi connectivity index (χ0) is 21.5. The third-order valence-electron chi connectivity index (χ3n) is 5.55. The Bertz CT molecular complexity index is 1310. The molecular formula is C25H20ClN3O2. The number of fused-ring (bicyclic) bond motifs is 1. The fourth-order valence-electron chi connectivity index (χ4n) is 3.88. The van der Waals surface area contributed by atoms with Gasteiger partial charge >= 0.3 is 5.91 Å². The molecule has 5 nitrogen and oxygen atoms in total. The molecule has 0 saturated heterocycles. The molecule has 0 bridgehead atoms. The van der Waals surface area contributed by atoms with E-state index in [1.54, 1.807) is 12.1 Å². The van der Waals surface area contributed by atoms with Crippen LogP contribution in [0.15, 0.2) is 76.4 Å². The Morgan fingerprint density at radius 1 is 1.06 bits per heavy atom. The largest absolute Gasteiger partial charge is 0.459 e. The SMILES string of the molecule is Cc1ccc(C2=NN(C(=O)c3ccco3)C(c3cc4ccc(C)cc4nc3Cl)C2)cc1. The van der Waals surface area contributed by atoms with Crippen LogP contribution in [0.3, 0.4) is 0 Å². The van der Waals surface area contributed by atoms with Crippen molar-refractivity contribution in [3.63, 3.8) is 0 Å². The predicted octanol–water partition coefficient (Wildman–Crippen LogP) is 6.09. The van der Waals surface area contributed by atoms with Crippen molar-refractivity contribution in [1.29, 1.82) is 0 Å². The second-order valence-electron chi connectivity index (χ2n) is 7.82. The standard InChI is InChI=1S/C25H20ClN3O2/c1-15-5-8-17(9-6-15)21-14-22(29(28-21)25(30)23-4-3-11-31-23)19-13-18-10-7-16(2)12-20(18)27-24(19)26/h3-13,22H,14H2,1-2H3. The van der Waals surface area contributed by atoms with Crippen molar-refractivity contribution < 1.29 is 9.21 Å². The number of hydrazone groups is 1. The molecule has 2 aromatic heterocycles. The van der Waals surface area contributed by atoms with Crippen molar-refractivity contribution in [3.05, 3.63) is 100 Å². The van der Waals surface area contributed by atoms with Crippen LogP contribution in [-0.4, -0.2) is 21.6 Å². The summed E-state index contributed by atoms with van der Waals surface area (Å²) in [6.07, 6.45) is 2.02. The molecule has 0 spiro atoms. The number of benzene rings is 2. The molecule has 1 aliphatic rings. The van der Waals surface area contributed by atoms with E-state index in [1.165, 1.54) is 16.8 Å². The van der Waals surface area contributed by atoms with Crippen molar-refractivity contribution in [3.8, 4) is 0 Å². The molecule has 0 radical (unpaired) electrons. The first-order chi connectivity index (χ1) is 15.0. The molecule has 0 N–H and O–H groups in total. The van der Waals surface area contributed by atoms with E-state index in [2.05, 4.69) is 4.98 Å². The zero-order valence-electron chi connectivity index (χ0n) is 17.2. The van der Waals surface area contributed by atoms with Crippen LogP contribution in [0.4, 0.5) is 0 Å². The average molecular weight is 430 g/mol. The fraction of sp³-hybridized carbons (Fsp3) is 0.160. The van der Waals surface area contributed by atoms with Crippen molar-refractivity contribution in [1.82, 2.24) is 9.99 Å². The summed E-state index contributed by atoms with van der Waals surface area (Å²) in [4.78, 5) is 17.8. The first-order valence-electron chi connectivity index (χ1n) is 10.1. The highest BCUT2D eigenvalue weighted by Crippen LogP contribution is 2.38. The number of hydrogen-bond acceptors (Lipinski definition) is 4. The van der Waals surface area contributed by atoms with Gasteiger partial charge in [-0.15, -0.1) is 0 Å². The van der Waals surface area contributed by atoms with Crippen LogP contribution >= 0.6 is 11.6 Å². The van der Waals surface area contributed by atoms with Crippen molar-refractivity contribution in [2.75, 3.05) is 0 Å². The topological polar surface area (TPSA) is 58.7 Å². The summed E-state index contributed by atoms with van der Waals surface area (Å²) in [7, 11) is 0. The van der Waals surface area contributed by atoms with Crippen molar-refractivity contribution >= 4 is 34.1 Å². The first kappa shape index (κ1) is 19.5. The minimum Gasteiger partial charge on any atom is -0.459 e. The number of furan rings is 1. The lowest BCUT2D eigenvalue weighted by atomic mass is 9.97. The molecule has 6 heteroatoms. The Kier molecular flexibility index (Phi) is 4.83. The van der Waals surface area contributed by atoms with Crippen LogP contribution in [0.25, 0.3) is 10.9 Å². The lowest BCUT2D eigenvalue weighted by Gasteiger charge is -2.22. The monoisotopic (exact) mass is 429 g/mol. The van der Waals surface area contributed by atoms with Gasteiger partial charge in [-0.3, -0.25) is 4.79 Å². The smallest absolute Gasteiger partial charge is 0.310 e. The number of aromatic nitrogens is 1. The molecule has 4 aromatic rings. The van der Waals surface area contributed by atoms with E-state index in [9.17, 15) is 4.79 Å². The molecule has 1 aliphatic heterocycles. The first-order valence-corrected chi connectivity index (χ1v) is 10.5. The Hall–Kier alpha value is -3.44. The number of nitrogens with zero attached hydrogens (tertiary/aromatic N) is 3. The van der Waals surface area contributed by atoms with Gasteiger partial charge in [0.25, 0.3) is 0 Å². The Balaban J connectivity index is 1.60. The van der Waals surface area contributed by atoms with Gasteiger partial charge in [-0.05, 0) is 49.2 Å². The zero-order valence-corrected chi connectivity index (χ0v) is 17.9. The molecule has 1 atom stereocenters. The minimum absolute atomic E-state index is 0.236. The number of amides is 1. The van der Waals surface area contributed by atoms with Gasteiger partial charge < -0.3 is 4.42 Å². The molecule has 1 unspecified atom stereocenters. The molecular weight excluding hydrogens is 410 g/mol. The Morgan fingerprint density at radius 3 is 2.58 bits per heavy atom. The number of carbonyl (C=O) groups is 1. The van der Waals surface area contributed by atoms with Gasteiger partial charge in [0.1, 0.15) is 5.15 Å². The molecule has 0 fully saturated rings. The van der Waals surface area contributed by atoms with E-state index in [-0.39, 0.29) is 17.7 Å². The quantitative estimate of drug-likeness (QED) is 0.370. The third kappa shape index (κ3) is 3.62. The van der Waals surface area contributed by atoms with Crippen LogP contribution in [0.5, 0.6) is 0 Å². The number of rotatable bonds is 3. The summed E-state index contributed by atoms with van der Waals surface area (Å²) in [6, 6.07) is 19.1. The summed E-state index contributed by atoms with van der Waals surface area (Å²) in [5.41, 5.74) is 5.68. The van der Waals surface area contributed by atoms with Crippen LogP contribution in [-0.2, 0) is 0 Å². The molecule has 5 rings (SSSR count). The van der Waals surface area contributed by atoms with Gasteiger partial charge in [-0.1, -0.05) is 53.6 Å². The van der Waals surface area contributed by atoms with Gasteiger partial charge in [-0.2, -0.15) is 5.10 Å². The highest BCUT2D eigenvalue weighted by molar-refractivity contribution is 6.30. The lowest BCUT2D eigenvalue weighted by molar-refractivity contribution is 0.0678. The number of carbonyl (C=O) groups excluding carboxylic acids is 1. The van der Waals surface area contributed by atoms with E-state index in [1.807, 2.05) is 62.4 Å². The van der Waals surface area contributed by atoms with Gasteiger partial charge in [0, 0.05) is 17.4 Å². The average Bonchev–Trinajstić information content (AvgIpc) is 3.44. The van der Waals surface area contributed by atoms with Crippen LogP contribution < -0.4 is 0 Å². The molecule has 0 aliphatic carbocycles. The second kappa shape index (κ2) is 7.67. The highest BCUT2D eigenvalue weighted by Gasteiger charge is 2.36. The lowest BCUT2D eigenvalue weighted by Crippen LogP contribution is -2.27. The molecule has 0 saturated carbocycles. The van der Waals surface area contributed by atoms with E-state index in [0.29, 0.717) is 11.6 Å². The molecule has 154 valence electrons. The van der Waals surface area contributed by atoms with Crippen molar-refractivity contribution in [2.24, 2.45) is 5.10 Å². The van der Waals surface area contributed by atoms with Crippen LogP contribution in [0, 0.1) is 13.8 Å². The maximum absolute atomic E-state index is 13.2. The van der Waals surface area contributed by atoms with E-state index in [4.69, 9.17) is 21.1 Å². The van der Waals surface area contributed by atoms with E-state index >= 15 is 0 Å². The van der Waals surface area contributed by atoms with Gasteiger partial charge in [0.2, 0.25) is 0 Å². The Labute approximate surface area is 185 Å². The summed E-state index contributed by atoms with van der Waals surface area (Å²) in [5.74, 6) is -0.0726. The maximum Gasteiger partial charge on any atom is 0.310 e. The molecule has 31 heavy (non-hydrogen) atoms. The normalized spacial score (nSPS) is 16.0. The predicted molar refractivity (Wildman–Crippen MR) is 121 cm³/mol. The Morgan fingerprint density at radius 2 is 1.84 bits per heavy atom. The molecule has 1 amide bonds. The fourth-order valence-corrected chi connectivity index (χ4v) is 4.15. The second-order valence-corrected chi connectivity index (χ2v) is 8.18. The third-order valence-corrected chi connectivity index (χ3v) is 5.85. The van der Waals surface area contributed by atoms with Crippen LogP contribution in [0.2, 0.25) is 5.15 Å². The summed E-state index contributed by atoms with van der Waals surface area (Å²) < 4.78 is 5.35. The number of aryl methyl sites for hydroxylation is 2. The van der Waals surface area contributed by atoms with E-state index < -0.39 is 0 Å². The van der Waals surface area contributed by atoms with E-state index in [0.717, 1.165) is 33.3 Å². The number of pyridine rings is 1. The van der Waals surface area contributed by atoms with Gasteiger partial charge in [0.15, 0.2) is 5.76 Å². The minimum atomic E-state index is -0.375. The highest BCUT2D eigenvalue weighted by atomic mass is 35.5. The summed E-state index contributed by atoms with van der Waals surface area (Å²) >= 11 is 6.62. The van der Waals surface area contributed by atoms with Gasteiger partial charge in [-0.25, -0.2) is 9.99 Å². The van der Waals surface area contributed by atoms with Crippen LogP contribution in [0.1, 0.15) is 45.3 Å². The van der Waals surface area contributed by atoms with Gasteiger partial charge in [0.05, 0.1) is 23.5 Å². The maximum atomic E-state index is 13.2. The summed E-state index contributed by atoms with van der Waals surface area (Å²) in [6.45, 7) is 4.06. The molecule has 2 aromatic carbocycles.